The van der Waals surface area contributed by atoms with E-state index in [0.717, 1.165) is 17.5 Å². The van der Waals surface area contributed by atoms with Crippen molar-refractivity contribution in [2.45, 2.75) is 38.5 Å². The summed E-state index contributed by atoms with van der Waals surface area (Å²) in [6, 6.07) is 13.5. The smallest absolute Gasteiger partial charge is 0.161 e. The highest BCUT2D eigenvalue weighted by molar-refractivity contribution is 5.47. The molecule has 0 unspecified atom stereocenters. The normalized spacial score (nSPS) is 12.9. The lowest BCUT2D eigenvalue weighted by atomic mass is 9.69. The SMILES string of the molecule is COc1cc(CCN(CCF)CCC[C@](C#N)(c2ccc(OC)c(OC)c2)C(C)C)ccc1O. The molecule has 0 bridgehead atoms. The van der Waals surface area contributed by atoms with Crippen molar-refractivity contribution in [2.24, 2.45) is 5.92 Å². The zero-order valence-corrected chi connectivity index (χ0v) is 20.9. The minimum Gasteiger partial charge on any atom is -0.504 e. The Morgan fingerprint density at radius 3 is 2.26 bits per heavy atom. The Bertz CT molecular complexity index is 960. The highest BCUT2D eigenvalue weighted by Gasteiger charge is 2.36. The fourth-order valence-corrected chi connectivity index (χ4v) is 4.33. The average Bonchev–Trinajstić information content (AvgIpc) is 2.85. The van der Waals surface area contributed by atoms with Gasteiger partial charge in [0.2, 0.25) is 0 Å². The standard InChI is InChI=1S/C27H37FN2O4/c1-20(2)27(19-29,22-8-10-24(32-3)26(18-22)34-5)12-6-14-30(16-13-28)15-11-21-7-9-23(31)25(17-21)33-4/h7-10,17-18,20,31H,6,11-16H2,1-5H3/t27-/m1/s1. The van der Waals surface area contributed by atoms with Crippen LogP contribution in [0.5, 0.6) is 23.0 Å². The maximum absolute atomic E-state index is 13.2. The van der Waals surface area contributed by atoms with Crippen LogP contribution in [0.1, 0.15) is 37.8 Å². The summed E-state index contributed by atoms with van der Waals surface area (Å²) in [6.45, 7) is 5.38. The lowest BCUT2D eigenvalue weighted by molar-refractivity contribution is 0.233. The molecule has 0 aromatic heterocycles. The number of phenolic OH excluding ortho intramolecular Hbond substituents is 1. The third-order valence-corrected chi connectivity index (χ3v) is 6.49. The van der Waals surface area contributed by atoms with Gasteiger partial charge >= 0.3 is 0 Å². The Balaban J connectivity index is 2.11. The van der Waals surface area contributed by atoms with Crippen LogP contribution in [-0.2, 0) is 11.8 Å². The second-order valence-electron chi connectivity index (χ2n) is 8.70. The molecule has 0 aliphatic rings. The monoisotopic (exact) mass is 472 g/mol. The van der Waals surface area contributed by atoms with Gasteiger partial charge in [0.05, 0.1) is 32.8 Å². The van der Waals surface area contributed by atoms with Gasteiger partial charge < -0.3 is 24.2 Å². The van der Waals surface area contributed by atoms with Crippen molar-refractivity contribution < 1.29 is 23.7 Å². The maximum Gasteiger partial charge on any atom is 0.161 e. The lowest BCUT2D eigenvalue weighted by Gasteiger charge is -2.33. The van der Waals surface area contributed by atoms with Crippen molar-refractivity contribution in [3.05, 3.63) is 47.5 Å². The van der Waals surface area contributed by atoms with Gasteiger partial charge in [0.1, 0.15) is 6.67 Å². The van der Waals surface area contributed by atoms with Crippen molar-refractivity contribution in [2.75, 3.05) is 47.6 Å². The number of nitriles is 1. The number of ether oxygens (including phenoxy) is 3. The van der Waals surface area contributed by atoms with Gasteiger partial charge in [-0.1, -0.05) is 26.0 Å². The van der Waals surface area contributed by atoms with E-state index in [1.807, 2.05) is 24.3 Å². The van der Waals surface area contributed by atoms with E-state index in [1.54, 1.807) is 26.4 Å². The predicted octanol–water partition coefficient (Wildman–Crippen LogP) is 5.13. The fourth-order valence-electron chi connectivity index (χ4n) is 4.33. The van der Waals surface area contributed by atoms with Gasteiger partial charge in [-0.2, -0.15) is 5.26 Å². The molecule has 0 saturated carbocycles. The van der Waals surface area contributed by atoms with Gasteiger partial charge in [-0.25, -0.2) is 4.39 Å². The average molecular weight is 473 g/mol. The van der Waals surface area contributed by atoms with Crippen LogP contribution in [0.2, 0.25) is 0 Å². The molecule has 7 heteroatoms. The summed E-state index contributed by atoms with van der Waals surface area (Å²) in [5.41, 5.74) is 1.22. The molecule has 0 amide bonds. The molecule has 34 heavy (non-hydrogen) atoms. The second-order valence-corrected chi connectivity index (χ2v) is 8.70. The van der Waals surface area contributed by atoms with Crippen LogP contribution >= 0.6 is 0 Å². The number of phenols is 1. The molecular weight excluding hydrogens is 435 g/mol. The molecule has 1 N–H and O–H groups in total. The maximum atomic E-state index is 13.2. The van der Waals surface area contributed by atoms with Gasteiger partial charge in [-0.3, -0.25) is 0 Å². The summed E-state index contributed by atoms with van der Waals surface area (Å²) < 4.78 is 29.2. The Labute approximate surface area is 202 Å². The minimum atomic E-state index is -0.689. The van der Waals surface area contributed by atoms with Crippen LogP contribution in [0, 0.1) is 17.2 Å². The Morgan fingerprint density at radius 1 is 0.971 bits per heavy atom. The molecule has 0 aliphatic carbocycles. The topological polar surface area (TPSA) is 75.0 Å². The number of methoxy groups -OCH3 is 3. The minimum absolute atomic E-state index is 0.0784. The summed E-state index contributed by atoms with van der Waals surface area (Å²) in [7, 11) is 4.69. The quantitative estimate of drug-likeness (QED) is 0.411. The van der Waals surface area contributed by atoms with Gasteiger partial charge in [-0.15, -0.1) is 0 Å². The van der Waals surface area contributed by atoms with Gasteiger partial charge in [0.25, 0.3) is 0 Å². The molecule has 0 aliphatic heterocycles. The zero-order chi connectivity index (χ0) is 25.1. The molecule has 0 saturated heterocycles. The van der Waals surface area contributed by atoms with Gasteiger partial charge in [0.15, 0.2) is 23.0 Å². The molecule has 0 radical (unpaired) electrons. The molecule has 2 aromatic carbocycles. The van der Waals surface area contributed by atoms with Crippen molar-refractivity contribution in [3.63, 3.8) is 0 Å². The van der Waals surface area contributed by atoms with Crippen LogP contribution in [0.3, 0.4) is 0 Å². The third-order valence-electron chi connectivity index (χ3n) is 6.49. The van der Waals surface area contributed by atoms with Gasteiger partial charge in [0, 0.05) is 13.1 Å². The van der Waals surface area contributed by atoms with Crippen LogP contribution in [-0.4, -0.2) is 57.6 Å². The van der Waals surface area contributed by atoms with E-state index in [-0.39, 0.29) is 11.7 Å². The molecule has 186 valence electrons. The Kier molecular flexibility index (Phi) is 10.5. The van der Waals surface area contributed by atoms with Gasteiger partial charge in [-0.05, 0) is 67.1 Å². The first-order valence-electron chi connectivity index (χ1n) is 11.6. The van der Waals surface area contributed by atoms with E-state index in [2.05, 4.69) is 24.8 Å². The number of aromatic hydroxyl groups is 1. The predicted molar refractivity (Wildman–Crippen MR) is 132 cm³/mol. The summed E-state index contributed by atoms with van der Waals surface area (Å²) in [5, 5.41) is 20.0. The number of benzene rings is 2. The number of hydrogen-bond donors (Lipinski definition) is 1. The number of rotatable bonds is 14. The third kappa shape index (κ3) is 6.54. The Hall–Kier alpha value is -2.98. The van der Waals surface area contributed by atoms with Crippen LogP contribution in [0.25, 0.3) is 0 Å². The summed E-state index contributed by atoms with van der Waals surface area (Å²) in [5.74, 6) is 1.84. The lowest BCUT2D eigenvalue weighted by Crippen LogP contribution is -2.34. The second kappa shape index (κ2) is 13.0. The molecule has 2 aromatic rings. The van der Waals surface area contributed by atoms with Crippen molar-refractivity contribution in [1.82, 2.24) is 4.90 Å². The van der Waals surface area contributed by atoms with Crippen molar-refractivity contribution in [3.8, 4) is 29.1 Å². The van der Waals surface area contributed by atoms with E-state index in [0.29, 0.717) is 49.7 Å². The first-order valence-corrected chi connectivity index (χ1v) is 11.6. The highest BCUT2D eigenvalue weighted by Crippen LogP contribution is 2.40. The van der Waals surface area contributed by atoms with E-state index in [1.165, 1.54) is 7.11 Å². The van der Waals surface area contributed by atoms with Crippen molar-refractivity contribution in [1.29, 1.82) is 5.26 Å². The molecular formula is C27H37FN2O4. The summed E-state index contributed by atoms with van der Waals surface area (Å²) in [6.07, 6.45) is 2.10. The zero-order valence-electron chi connectivity index (χ0n) is 20.9. The molecule has 0 heterocycles. The van der Waals surface area contributed by atoms with E-state index >= 15 is 0 Å². The molecule has 1 atom stereocenters. The van der Waals surface area contributed by atoms with Crippen LogP contribution in [0.4, 0.5) is 4.39 Å². The number of nitrogens with zero attached hydrogens (tertiary/aromatic N) is 2. The van der Waals surface area contributed by atoms with Crippen LogP contribution < -0.4 is 14.2 Å². The van der Waals surface area contributed by atoms with E-state index in [4.69, 9.17) is 14.2 Å². The van der Waals surface area contributed by atoms with E-state index in [9.17, 15) is 14.8 Å². The number of halogens is 1. The Morgan fingerprint density at radius 2 is 1.68 bits per heavy atom. The summed E-state index contributed by atoms with van der Waals surface area (Å²) in [4.78, 5) is 2.08. The first-order chi connectivity index (χ1) is 16.3. The van der Waals surface area contributed by atoms with Crippen molar-refractivity contribution >= 4 is 0 Å². The molecule has 0 fully saturated rings. The number of hydrogen-bond acceptors (Lipinski definition) is 6. The molecule has 2 rings (SSSR count). The highest BCUT2D eigenvalue weighted by atomic mass is 19.1. The molecule has 0 spiro atoms. The summed E-state index contributed by atoms with van der Waals surface area (Å²) >= 11 is 0. The molecule has 6 nitrogen and oxygen atoms in total. The number of alkyl halides is 1. The fraction of sp³-hybridized carbons (Fsp3) is 0.519. The van der Waals surface area contributed by atoms with Crippen LogP contribution in [0.15, 0.2) is 36.4 Å². The van der Waals surface area contributed by atoms with E-state index < -0.39 is 12.1 Å². The first kappa shape index (κ1) is 27.3. The largest absolute Gasteiger partial charge is 0.504 e.